The first-order valence-electron chi connectivity index (χ1n) is 6.37. The van der Waals surface area contributed by atoms with Crippen molar-refractivity contribution in [1.29, 1.82) is 0 Å². The summed E-state index contributed by atoms with van der Waals surface area (Å²) in [6.07, 6.45) is 1.95. The van der Waals surface area contributed by atoms with E-state index in [-0.39, 0.29) is 11.6 Å². The Balaban J connectivity index is 2.20. The summed E-state index contributed by atoms with van der Waals surface area (Å²) < 4.78 is 1.87. The fourth-order valence-electron chi connectivity index (χ4n) is 2.75. The second kappa shape index (κ2) is 4.42. The second-order valence-electron chi connectivity index (χ2n) is 5.06. The number of benzene rings is 1. The molecule has 1 aliphatic rings. The molecule has 0 unspecified atom stereocenters. The lowest BCUT2D eigenvalue weighted by Gasteiger charge is -2.12. The molecule has 2 N–H and O–H groups in total. The van der Waals surface area contributed by atoms with Gasteiger partial charge in [0.1, 0.15) is 0 Å². The van der Waals surface area contributed by atoms with Crippen LogP contribution in [0.1, 0.15) is 25.1 Å². The number of rotatable bonds is 1. The number of nitrogens with two attached hydrogens (primary N) is 1. The van der Waals surface area contributed by atoms with Crippen LogP contribution in [-0.2, 0) is 6.42 Å². The Bertz CT molecular complexity index is 706. The van der Waals surface area contributed by atoms with Gasteiger partial charge in [0.2, 0.25) is 0 Å². The maximum Gasteiger partial charge on any atom is 0.251 e. The van der Waals surface area contributed by atoms with Crippen molar-refractivity contribution in [3.05, 3.63) is 51.4 Å². The SMILES string of the molecule is C[C@@H]1CCc2cc(-c3cc(Cl)ccc3N)cc(=O)n21. The highest BCUT2D eigenvalue weighted by molar-refractivity contribution is 6.31. The van der Waals surface area contributed by atoms with E-state index in [2.05, 4.69) is 6.92 Å². The number of hydrogen-bond acceptors (Lipinski definition) is 2. The lowest BCUT2D eigenvalue weighted by Crippen LogP contribution is -2.20. The van der Waals surface area contributed by atoms with Crippen LogP contribution in [0.5, 0.6) is 0 Å². The molecule has 98 valence electrons. The van der Waals surface area contributed by atoms with Gasteiger partial charge in [-0.15, -0.1) is 0 Å². The fraction of sp³-hybridized carbons (Fsp3) is 0.267. The molecule has 3 rings (SSSR count). The van der Waals surface area contributed by atoms with Gasteiger partial charge in [0.15, 0.2) is 0 Å². The molecule has 4 heteroatoms. The van der Waals surface area contributed by atoms with Crippen LogP contribution in [-0.4, -0.2) is 4.57 Å². The summed E-state index contributed by atoms with van der Waals surface area (Å²) in [6, 6.07) is 9.31. The Kier molecular flexibility index (Phi) is 2.86. The minimum Gasteiger partial charge on any atom is -0.398 e. The van der Waals surface area contributed by atoms with Crippen molar-refractivity contribution in [3.63, 3.8) is 0 Å². The van der Waals surface area contributed by atoms with Gasteiger partial charge in [0, 0.05) is 34.1 Å². The van der Waals surface area contributed by atoms with Crippen LogP contribution in [0.15, 0.2) is 35.1 Å². The fourth-order valence-corrected chi connectivity index (χ4v) is 2.92. The molecule has 1 atom stereocenters. The normalized spacial score (nSPS) is 17.5. The summed E-state index contributed by atoms with van der Waals surface area (Å²) >= 11 is 6.01. The van der Waals surface area contributed by atoms with Crippen LogP contribution in [0, 0.1) is 0 Å². The number of aryl methyl sites for hydroxylation is 1. The van der Waals surface area contributed by atoms with Gasteiger partial charge in [-0.1, -0.05) is 11.6 Å². The summed E-state index contributed by atoms with van der Waals surface area (Å²) in [5, 5.41) is 0.623. The first-order chi connectivity index (χ1) is 9.06. The average Bonchev–Trinajstić information content (AvgIpc) is 2.74. The summed E-state index contributed by atoms with van der Waals surface area (Å²) in [5.41, 5.74) is 9.41. The molecule has 3 nitrogen and oxygen atoms in total. The smallest absolute Gasteiger partial charge is 0.251 e. The molecule has 0 amide bonds. The van der Waals surface area contributed by atoms with E-state index < -0.39 is 0 Å². The summed E-state index contributed by atoms with van der Waals surface area (Å²) in [7, 11) is 0. The molecule has 1 aromatic carbocycles. The van der Waals surface area contributed by atoms with Gasteiger partial charge < -0.3 is 10.3 Å². The van der Waals surface area contributed by atoms with Crippen molar-refractivity contribution < 1.29 is 0 Å². The highest BCUT2D eigenvalue weighted by atomic mass is 35.5. The van der Waals surface area contributed by atoms with Gasteiger partial charge >= 0.3 is 0 Å². The zero-order valence-corrected chi connectivity index (χ0v) is 11.4. The third-order valence-corrected chi connectivity index (χ3v) is 3.97. The van der Waals surface area contributed by atoms with E-state index in [9.17, 15) is 4.79 Å². The average molecular weight is 275 g/mol. The zero-order chi connectivity index (χ0) is 13.6. The lowest BCUT2D eigenvalue weighted by molar-refractivity contribution is 0.564. The molecule has 1 aliphatic heterocycles. The summed E-state index contributed by atoms with van der Waals surface area (Å²) in [5.74, 6) is 0. The molecule has 0 spiro atoms. The Labute approximate surface area is 116 Å². The largest absolute Gasteiger partial charge is 0.398 e. The lowest BCUT2D eigenvalue weighted by atomic mass is 10.0. The molecule has 2 heterocycles. The topological polar surface area (TPSA) is 48.0 Å². The van der Waals surface area contributed by atoms with Crippen LogP contribution in [0.2, 0.25) is 5.02 Å². The molecule has 0 bridgehead atoms. The number of halogens is 1. The van der Waals surface area contributed by atoms with Crippen LogP contribution < -0.4 is 11.3 Å². The highest BCUT2D eigenvalue weighted by Gasteiger charge is 2.20. The Morgan fingerprint density at radius 1 is 1.32 bits per heavy atom. The van der Waals surface area contributed by atoms with Crippen molar-refractivity contribution in [3.8, 4) is 11.1 Å². The van der Waals surface area contributed by atoms with Crippen molar-refractivity contribution >= 4 is 17.3 Å². The molecule has 0 fully saturated rings. The minimum absolute atomic E-state index is 0.0388. The number of nitrogen functional groups attached to an aromatic ring is 1. The maximum atomic E-state index is 12.2. The zero-order valence-electron chi connectivity index (χ0n) is 10.7. The first kappa shape index (κ1) is 12.3. The Hall–Kier alpha value is -1.74. The predicted molar refractivity (Wildman–Crippen MR) is 78.6 cm³/mol. The quantitative estimate of drug-likeness (QED) is 0.812. The monoisotopic (exact) mass is 274 g/mol. The standard InChI is InChI=1S/C15H15ClN2O/c1-9-2-4-12-6-10(7-15(19)18(9)12)13-8-11(16)3-5-14(13)17/h3,5-9H,2,4,17H2,1H3/t9-/m1/s1. The maximum absolute atomic E-state index is 12.2. The molecule has 0 saturated carbocycles. The third-order valence-electron chi connectivity index (χ3n) is 3.73. The molecule has 19 heavy (non-hydrogen) atoms. The number of aromatic nitrogens is 1. The van der Waals surface area contributed by atoms with Gasteiger partial charge in [-0.05, 0) is 49.6 Å². The molecule has 2 aromatic rings. The first-order valence-corrected chi connectivity index (χ1v) is 6.75. The number of hydrogen-bond donors (Lipinski definition) is 1. The third kappa shape index (κ3) is 2.04. The van der Waals surface area contributed by atoms with E-state index in [0.29, 0.717) is 10.7 Å². The van der Waals surface area contributed by atoms with Gasteiger partial charge in [-0.3, -0.25) is 4.79 Å². The Morgan fingerprint density at radius 2 is 2.11 bits per heavy atom. The summed E-state index contributed by atoms with van der Waals surface area (Å²) in [4.78, 5) is 12.2. The second-order valence-corrected chi connectivity index (χ2v) is 5.50. The molecule has 1 aromatic heterocycles. The van der Waals surface area contributed by atoms with Crippen LogP contribution >= 0.6 is 11.6 Å². The van der Waals surface area contributed by atoms with Gasteiger partial charge in [-0.25, -0.2) is 0 Å². The van der Waals surface area contributed by atoms with Crippen LogP contribution in [0.3, 0.4) is 0 Å². The van der Waals surface area contributed by atoms with E-state index in [1.807, 2.05) is 10.6 Å². The number of fused-ring (bicyclic) bond motifs is 1. The number of anilines is 1. The molecular formula is C15H15ClN2O. The van der Waals surface area contributed by atoms with E-state index in [1.54, 1.807) is 24.3 Å². The van der Waals surface area contributed by atoms with Crippen molar-refractivity contribution in [1.82, 2.24) is 4.57 Å². The van der Waals surface area contributed by atoms with E-state index >= 15 is 0 Å². The van der Waals surface area contributed by atoms with Crippen molar-refractivity contribution in [2.45, 2.75) is 25.8 Å². The highest BCUT2D eigenvalue weighted by Crippen LogP contribution is 2.31. The van der Waals surface area contributed by atoms with E-state index in [1.165, 1.54) is 0 Å². The predicted octanol–water partition coefficient (Wildman–Crippen LogP) is 3.26. The van der Waals surface area contributed by atoms with Gasteiger partial charge in [0.25, 0.3) is 5.56 Å². The number of nitrogens with zero attached hydrogens (tertiary/aromatic N) is 1. The van der Waals surface area contributed by atoms with Gasteiger partial charge in [-0.2, -0.15) is 0 Å². The molecule has 0 saturated heterocycles. The number of pyridine rings is 1. The summed E-state index contributed by atoms with van der Waals surface area (Å²) in [6.45, 7) is 2.07. The van der Waals surface area contributed by atoms with Crippen molar-refractivity contribution in [2.24, 2.45) is 0 Å². The van der Waals surface area contributed by atoms with Crippen LogP contribution in [0.25, 0.3) is 11.1 Å². The molecule has 0 aliphatic carbocycles. The van der Waals surface area contributed by atoms with Crippen molar-refractivity contribution in [2.75, 3.05) is 5.73 Å². The van der Waals surface area contributed by atoms with E-state index in [0.717, 1.165) is 29.7 Å². The minimum atomic E-state index is 0.0388. The molecular weight excluding hydrogens is 260 g/mol. The molecule has 0 radical (unpaired) electrons. The van der Waals surface area contributed by atoms with Crippen LogP contribution in [0.4, 0.5) is 5.69 Å². The Morgan fingerprint density at radius 3 is 2.89 bits per heavy atom. The van der Waals surface area contributed by atoms with Gasteiger partial charge in [0.05, 0.1) is 0 Å². The van der Waals surface area contributed by atoms with E-state index in [4.69, 9.17) is 17.3 Å².